The molecular formula is C17H18O5. The zero-order valence-electron chi connectivity index (χ0n) is 12.4. The standard InChI is InChI=1S/C17H18O5/c1-2-7-19-14-9-13(22-17(18)10-14)5-3-12-4-6-15-16(8-12)21-11-20-15/h3-6,8,10,13H,2,7,9,11H2,1H3/b5-3+. The average Bonchev–Trinajstić information content (AvgIpc) is 2.98. The van der Waals surface area contributed by atoms with E-state index in [4.69, 9.17) is 18.9 Å². The summed E-state index contributed by atoms with van der Waals surface area (Å²) in [5, 5.41) is 0. The Morgan fingerprint density at radius 2 is 2.18 bits per heavy atom. The molecule has 0 N–H and O–H groups in total. The van der Waals surface area contributed by atoms with Crippen molar-refractivity contribution in [3.05, 3.63) is 41.7 Å². The fourth-order valence-electron chi connectivity index (χ4n) is 2.29. The van der Waals surface area contributed by atoms with Crippen molar-refractivity contribution < 1.29 is 23.7 Å². The molecule has 3 rings (SSSR count). The van der Waals surface area contributed by atoms with Crippen LogP contribution >= 0.6 is 0 Å². The fraction of sp³-hybridized carbons (Fsp3) is 0.353. The lowest BCUT2D eigenvalue weighted by atomic mass is 10.1. The van der Waals surface area contributed by atoms with Crippen LogP contribution in [0, 0.1) is 0 Å². The number of esters is 1. The third-order valence-corrected chi connectivity index (χ3v) is 3.34. The van der Waals surface area contributed by atoms with E-state index in [2.05, 4.69) is 0 Å². The van der Waals surface area contributed by atoms with E-state index in [1.54, 1.807) is 0 Å². The summed E-state index contributed by atoms with van der Waals surface area (Å²) in [5.41, 5.74) is 0.964. The number of hydrogen-bond acceptors (Lipinski definition) is 5. The lowest BCUT2D eigenvalue weighted by Crippen LogP contribution is -2.21. The van der Waals surface area contributed by atoms with E-state index in [9.17, 15) is 4.79 Å². The largest absolute Gasteiger partial charge is 0.498 e. The van der Waals surface area contributed by atoms with Gasteiger partial charge in [-0.25, -0.2) is 4.79 Å². The molecule has 5 nitrogen and oxygen atoms in total. The molecule has 1 atom stereocenters. The summed E-state index contributed by atoms with van der Waals surface area (Å²) in [4.78, 5) is 11.6. The molecule has 0 aromatic heterocycles. The van der Waals surface area contributed by atoms with E-state index in [0.717, 1.165) is 23.5 Å². The fourth-order valence-corrected chi connectivity index (χ4v) is 2.29. The molecule has 5 heteroatoms. The topological polar surface area (TPSA) is 54.0 Å². The number of hydrogen-bond donors (Lipinski definition) is 0. The van der Waals surface area contributed by atoms with Crippen molar-refractivity contribution in [3.8, 4) is 11.5 Å². The first-order valence-electron chi connectivity index (χ1n) is 7.36. The van der Waals surface area contributed by atoms with Gasteiger partial charge in [0.05, 0.1) is 12.7 Å². The van der Waals surface area contributed by atoms with Gasteiger partial charge in [0.25, 0.3) is 0 Å². The van der Waals surface area contributed by atoms with Crippen LogP contribution in [0.5, 0.6) is 11.5 Å². The van der Waals surface area contributed by atoms with Crippen molar-refractivity contribution in [2.75, 3.05) is 13.4 Å². The lowest BCUT2D eigenvalue weighted by Gasteiger charge is -2.20. The van der Waals surface area contributed by atoms with E-state index >= 15 is 0 Å². The zero-order valence-corrected chi connectivity index (χ0v) is 12.4. The van der Waals surface area contributed by atoms with Gasteiger partial charge in [-0.3, -0.25) is 0 Å². The van der Waals surface area contributed by atoms with Crippen molar-refractivity contribution >= 4 is 12.0 Å². The molecule has 0 fully saturated rings. The van der Waals surface area contributed by atoms with Crippen molar-refractivity contribution in [2.45, 2.75) is 25.9 Å². The van der Waals surface area contributed by atoms with Crippen LogP contribution < -0.4 is 9.47 Å². The summed E-state index contributed by atoms with van der Waals surface area (Å²) in [6.45, 7) is 2.89. The number of ether oxygens (including phenoxy) is 4. The van der Waals surface area contributed by atoms with Crippen molar-refractivity contribution in [2.24, 2.45) is 0 Å². The van der Waals surface area contributed by atoms with Crippen LogP contribution in [-0.4, -0.2) is 25.5 Å². The Morgan fingerprint density at radius 3 is 3.05 bits per heavy atom. The molecule has 0 saturated heterocycles. The molecule has 1 aromatic rings. The van der Waals surface area contributed by atoms with Gasteiger partial charge in [0.15, 0.2) is 11.5 Å². The molecule has 2 aliphatic rings. The molecule has 116 valence electrons. The summed E-state index contributed by atoms with van der Waals surface area (Å²) in [5.74, 6) is 1.80. The second kappa shape index (κ2) is 6.56. The summed E-state index contributed by atoms with van der Waals surface area (Å²) in [7, 11) is 0. The zero-order chi connectivity index (χ0) is 15.4. The van der Waals surface area contributed by atoms with Crippen LogP contribution in [0.4, 0.5) is 0 Å². The van der Waals surface area contributed by atoms with Gasteiger partial charge >= 0.3 is 5.97 Å². The third-order valence-electron chi connectivity index (χ3n) is 3.34. The van der Waals surface area contributed by atoms with Crippen LogP contribution in [0.2, 0.25) is 0 Å². The second-order valence-electron chi connectivity index (χ2n) is 5.11. The third kappa shape index (κ3) is 3.42. The predicted octanol–water partition coefficient (Wildman–Crippen LogP) is 3.05. The van der Waals surface area contributed by atoms with E-state index in [-0.39, 0.29) is 18.9 Å². The van der Waals surface area contributed by atoms with Gasteiger partial charge in [-0.1, -0.05) is 19.1 Å². The number of rotatable bonds is 5. The Labute approximate surface area is 129 Å². The van der Waals surface area contributed by atoms with Gasteiger partial charge in [0.1, 0.15) is 11.9 Å². The molecule has 0 radical (unpaired) electrons. The minimum atomic E-state index is -0.363. The Bertz CT molecular complexity index is 617. The van der Waals surface area contributed by atoms with E-state index in [1.165, 1.54) is 6.08 Å². The molecule has 0 bridgehead atoms. The molecule has 0 saturated carbocycles. The average molecular weight is 302 g/mol. The normalized spacial score (nSPS) is 20.0. The minimum Gasteiger partial charge on any atom is -0.498 e. The van der Waals surface area contributed by atoms with Crippen LogP contribution in [0.25, 0.3) is 6.08 Å². The summed E-state index contributed by atoms with van der Waals surface area (Å²) in [6.07, 6.45) is 6.34. The molecule has 1 unspecified atom stereocenters. The highest BCUT2D eigenvalue weighted by Crippen LogP contribution is 2.33. The number of benzene rings is 1. The highest BCUT2D eigenvalue weighted by molar-refractivity contribution is 5.83. The van der Waals surface area contributed by atoms with Crippen LogP contribution in [-0.2, 0) is 14.3 Å². The van der Waals surface area contributed by atoms with Gasteiger partial charge in [-0.15, -0.1) is 0 Å². The lowest BCUT2D eigenvalue weighted by molar-refractivity contribution is -0.142. The Kier molecular flexibility index (Phi) is 4.32. The number of carbonyl (C=O) groups is 1. The van der Waals surface area contributed by atoms with E-state index < -0.39 is 0 Å². The predicted molar refractivity (Wildman–Crippen MR) is 80.4 cm³/mol. The molecule has 22 heavy (non-hydrogen) atoms. The maximum Gasteiger partial charge on any atom is 0.334 e. The van der Waals surface area contributed by atoms with Crippen molar-refractivity contribution in [1.82, 2.24) is 0 Å². The first-order valence-corrected chi connectivity index (χ1v) is 7.36. The summed E-state index contributed by atoms with van der Waals surface area (Å²) in [6, 6.07) is 5.69. The van der Waals surface area contributed by atoms with Crippen molar-refractivity contribution in [3.63, 3.8) is 0 Å². The number of cyclic esters (lactones) is 1. The highest BCUT2D eigenvalue weighted by atomic mass is 16.7. The van der Waals surface area contributed by atoms with Crippen LogP contribution in [0.3, 0.4) is 0 Å². The van der Waals surface area contributed by atoms with Gasteiger partial charge in [-0.2, -0.15) is 0 Å². The highest BCUT2D eigenvalue weighted by Gasteiger charge is 2.20. The van der Waals surface area contributed by atoms with Gasteiger partial charge in [0, 0.05) is 6.42 Å². The molecule has 0 spiro atoms. The first-order chi connectivity index (χ1) is 10.7. The van der Waals surface area contributed by atoms with E-state index in [1.807, 2.05) is 37.3 Å². The summed E-state index contributed by atoms with van der Waals surface area (Å²) < 4.78 is 21.4. The first kappa shape index (κ1) is 14.5. The van der Waals surface area contributed by atoms with Crippen molar-refractivity contribution in [1.29, 1.82) is 0 Å². The quantitative estimate of drug-likeness (QED) is 0.782. The smallest absolute Gasteiger partial charge is 0.334 e. The molecular weight excluding hydrogens is 284 g/mol. The summed E-state index contributed by atoms with van der Waals surface area (Å²) >= 11 is 0. The van der Waals surface area contributed by atoms with E-state index in [0.29, 0.717) is 18.8 Å². The molecule has 1 aromatic carbocycles. The molecule has 0 amide bonds. The Balaban J connectivity index is 1.65. The van der Waals surface area contributed by atoms with Gasteiger partial charge in [-0.05, 0) is 30.2 Å². The van der Waals surface area contributed by atoms with Gasteiger partial charge in [0.2, 0.25) is 6.79 Å². The molecule has 2 heterocycles. The Hall–Kier alpha value is -2.43. The monoisotopic (exact) mass is 302 g/mol. The maximum absolute atomic E-state index is 11.6. The van der Waals surface area contributed by atoms with Gasteiger partial charge < -0.3 is 18.9 Å². The second-order valence-corrected chi connectivity index (χ2v) is 5.11. The SMILES string of the molecule is CCCOC1=CC(=O)OC(/C=C/c2ccc3c(c2)OCO3)C1. The number of fused-ring (bicyclic) bond motifs is 1. The number of carbonyl (C=O) groups excluding carboxylic acids is 1. The maximum atomic E-state index is 11.6. The Morgan fingerprint density at radius 1 is 1.32 bits per heavy atom. The van der Waals surface area contributed by atoms with Crippen LogP contribution in [0.1, 0.15) is 25.3 Å². The minimum absolute atomic E-state index is 0.256. The molecule has 2 aliphatic heterocycles. The van der Waals surface area contributed by atoms with Crippen LogP contribution in [0.15, 0.2) is 36.1 Å². The molecule has 0 aliphatic carbocycles.